The molecule has 0 saturated carbocycles. The van der Waals surface area contributed by atoms with Crippen molar-refractivity contribution in [2.24, 2.45) is 10.9 Å². The van der Waals surface area contributed by atoms with Crippen LogP contribution in [0.15, 0.2) is 29.4 Å². The number of rotatable bonds is 5. The molecular weight excluding hydrogens is 194 g/mol. The third kappa shape index (κ3) is 3.57. The van der Waals surface area contributed by atoms with Gasteiger partial charge in [0.1, 0.15) is 0 Å². The van der Waals surface area contributed by atoms with Crippen LogP contribution in [-0.2, 0) is 6.54 Å². The van der Waals surface area contributed by atoms with E-state index < -0.39 is 0 Å². The molecule has 0 atom stereocenters. The van der Waals surface area contributed by atoms with Gasteiger partial charge in [-0.05, 0) is 5.56 Å². The average molecular weight is 209 g/mol. The van der Waals surface area contributed by atoms with Crippen LogP contribution in [-0.4, -0.2) is 29.3 Å². The second-order valence-electron chi connectivity index (χ2n) is 3.08. The number of oxime groups is 1. The van der Waals surface area contributed by atoms with E-state index in [1.807, 2.05) is 12.1 Å². The van der Waals surface area contributed by atoms with Crippen LogP contribution in [0.4, 0.5) is 0 Å². The Hall–Kier alpha value is -1.59. The molecule has 5 heteroatoms. The molecule has 1 aromatic carbocycles. The Balaban J connectivity index is 2.56. The average Bonchev–Trinajstić information content (AvgIpc) is 2.29. The Morgan fingerprint density at radius 3 is 2.53 bits per heavy atom. The number of nitrogens with one attached hydrogen (secondary N) is 1. The third-order valence-electron chi connectivity index (χ3n) is 1.98. The van der Waals surface area contributed by atoms with Gasteiger partial charge < -0.3 is 21.4 Å². The number of benzene rings is 1. The lowest BCUT2D eigenvalue weighted by molar-refractivity contribution is 0.292. The summed E-state index contributed by atoms with van der Waals surface area (Å²) in [5, 5.41) is 23.0. The Bertz CT molecular complexity index is 322. The number of hydrogen-bond acceptors (Lipinski definition) is 4. The maximum atomic E-state index is 8.57. The fourth-order valence-corrected chi connectivity index (χ4v) is 1.16. The summed E-state index contributed by atoms with van der Waals surface area (Å²) in [5.41, 5.74) is 7.18. The molecule has 0 aromatic heterocycles. The predicted molar refractivity (Wildman–Crippen MR) is 57.7 cm³/mol. The van der Waals surface area contributed by atoms with Gasteiger partial charge in [0.15, 0.2) is 5.84 Å². The zero-order valence-corrected chi connectivity index (χ0v) is 8.35. The highest BCUT2D eigenvalue weighted by Gasteiger charge is 1.98. The second-order valence-corrected chi connectivity index (χ2v) is 3.08. The van der Waals surface area contributed by atoms with Crippen molar-refractivity contribution < 1.29 is 10.3 Å². The van der Waals surface area contributed by atoms with E-state index in [1.165, 1.54) is 0 Å². The van der Waals surface area contributed by atoms with Crippen LogP contribution in [0.3, 0.4) is 0 Å². The van der Waals surface area contributed by atoms with Crippen molar-refractivity contribution in [2.75, 3.05) is 13.2 Å². The quantitative estimate of drug-likeness (QED) is 0.179. The first kappa shape index (κ1) is 11.5. The molecule has 82 valence electrons. The SMILES string of the molecule is NC(=NO)c1ccc(CNCCO)cc1. The van der Waals surface area contributed by atoms with E-state index in [1.54, 1.807) is 12.1 Å². The first-order chi connectivity index (χ1) is 7.27. The molecule has 5 nitrogen and oxygen atoms in total. The monoisotopic (exact) mass is 209 g/mol. The van der Waals surface area contributed by atoms with E-state index >= 15 is 0 Å². The molecule has 0 saturated heterocycles. The van der Waals surface area contributed by atoms with E-state index in [9.17, 15) is 0 Å². The van der Waals surface area contributed by atoms with Crippen molar-refractivity contribution in [1.29, 1.82) is 0 Å². The molecule has 0 unspecified atom stereocenters. The van der Waals surface area contributed by atoms with Gasteiger partial charge in [-0.1, -0.05) is 29.4 Å². The largest absolute Gasteiger partial charge is 0.409 e. The van der Waals surface area contributed by atoms with Gasteiger partial charge >= 0.3 is 0 Å². The standard InChI is InChI=1S/C10H15N3O2/c11-10(13-15)9-3-1-8(2-4-9)7-12-5-6-14/h1-4,12,14-15H,5-7H2,(H2,11,13). The van der Waals surface area contributed by atoms with Crippen LogP contribution in [0.2, 0.25) is 0 Å². The number of nitrogens with zero attached hydrogens (tertiary/aromatic N) is 1. The van der Waals surface area contributed by atoms with Crippen molar-refractivity contribution in [3.8, 4) is 0 Å². The fraction of sp³-hybridized carbons (Fsp3) is 0.300. The zero-order valence-electron chi connectivity index (χ0n) is 8.35. The van der Waals surface area contributed by atoms with E-state index in [2.05, 4.69) is 10.5 Å². The first-order valence-electron chi connectivity index (χ1n) is 4.66. The predicted octanol–water partition coefficient (Wildman–Crippen LogP) is -0.137. The summed E-state index contributed by atoms with van der Waals surface area (Å²) >= 11 is 0. The Morgan fingerprint density at radius 1 is 1.33 bits per heavy atom. The summed E-state index contributed by atoms with van der Waals surface area (Å²) in [6.45, 7) is 1.39. The van der Waals surface area contributed by atoms with E-state index in [0.717, 1.165) is 5.56 Å². The minimum absolute atomic E-state index is 0.102. The number of amidine groups is 1. The molecule has 0 heterocycles. The van der Waals surface area contributed by atoms with Gasteiger partial charge in [0.05, 0.1) is 6.61 Å². The van der Waals surface area contributed by atoms with E-state index in [-0.39, 0.29) is 12.4 Å². The summed E-state index contributed by atoms with van der Waals surface area (Å²) in [6.07, 6.45) is 0. The molecule has 0 aliphatic carbocycles. The molecule has 0 bridgehead atoms. The summed E-state index contributed by atoms with van der Waals surface area (Å²) in [5.74, 6) is 0.102. The van der Waals surface area contributed by atoms with Gasteiger partial charge in [-0.15, -0.1) is 0 Å². The molecule has 0 aliphatic rings. The lowest BCUT2D eigenvalue weighted by atomic mass is 10.1. The molecule has 0 amide bonds. The normalized spacial score (nSPS) is 11.7. The molecule has 15 heavy (non-hydrogen) atoms. The van der Waals surface area contributed by atoms with Gasteiger partial charge in [-0.25, -0.2) is 0 Å². The number of hydrogen-bond donors (Lipinski definition) is 4. The molecule has 1 aromatic rings. The molecule has 1 rings (SSSR count). The van der Waals surface area contributed by atoms with Crippen molar-refractivity contribution in [3.05, 3.63) is 35.4 Å². The maximum Gasteiger partial charge on any atom is 0.170 e. The summed E-state index contributed by atoms with van der Waals surface area (Å²) in [6, 6.07) is 7.34. The van der Waals surface area contributed by atoms with Gasteiger partial charge in [-0.2, -0.15) is 0 Å². The molecular formula is C10H15N3O2. The number of aliphatic hydroxyl groups is 1. The summed E-state index contributed by atoms with van der Waals surface area (Å²) in [4.78, 5) is 0. The fourth-order valence-electron chi connectivity index (χ4n) is 1.16. The van der Waals surface area contributed by atoms with Crippen LogP contribution < -0.4 is 11.1 Å². The topological polar surface area (TPSA) is 90.9 Å². The van der Waals surface area contributed by atoms with Crippen LogP contribution >= 0.6 is 0 Å². The van der Waals surface area contributed by atoms with Crippen molar-refractivity contribution in [3.63, 3.8) is 0 Å². The summed E-state index contributed by atoms with van der Waals surface area (Å²) < 4.78 is 0. The number of nitrogens with two attached hydrogens (primary N) is 1. The van der Waals surface area contributed by atoms with Gasteiger partial charge in [0.25, 0.3) is 0 Å². The van der Waals surface area contributed by atoms with Crippen LogP contribution in [0.25, 0.3) is 0 Å². The van der Waals surface area contributed by atoms with E-state index in [0.29, 0.717) is 18.7 Å². The van der Waals surface area contributed by atoms with Crippen molar-refractivity contribution in [2.45, 2.75) is 6.54 Å². The zero-order chi connectivity index (χ0) is 11.1. The Kier molecular flexibility index (Phi) is 4.59. The van der Waals surface area contributed by atoms with Crippen molar-refractivity contribution in [1.82, 2.24) is 5.32 Å². The second kappa shape index (κ2) is 6.00. The molecule has 0 spiro atoms. The minimum Gasteiger partial charge on any atom is -0.409 e. The first-order valence-corrected chi connectivity index (χ1v) is 4.66. The highest BCUT2D eigenvalue weighted by Crippen LogP contribution is 2.03. The highest BCUT2D eigenvalue weighted by atomic mass is 16.4. The Morgan fingerprint density at radius 2 is 2.00 bits per heavy atom. The molecule has 0 aliphatic heterocycles. The smallest absolute Gasteiger partial charge is 0.170 e. The molecule has 5 N–H and O–H groups in total. The summed E-state index contributed by atoms with van der Waals surface area (Å²) in [7, 11) is 0. The van der Waals surface area contributed by atoms with Crippen LogP contribution in [0, 0.1) is 0 Å². The minimum atomic E-state index is 0.102. The van der Waals surface area contributed by atoms with E-state index in [4.69, 9.17) is 16.0 Å². The van der Waals surface area contributed by atoms with Crippen molar-refractivity contribution >= 4 is 5.84 Å². The maximum absolute atomic E-state index is 8.57. The van der Waals surface area contributed by atoms with Crippen LogP contribution in [0.5, 0.6) is 0 Å². The van der Waals surface area contributed by atoms with Gasteiger partial charge in [-0.3, -0.25) is 0 Å². The lowest BCUT2D eigenvalue weighted by Crippen LogP contribution is -2.17. The highest BCUT2D eigenvalue weighted by molar-refractivity contribution is 5.96. The van der Waals surface area contributed by atoms with Gasteiger partial charge in [0.2, 0.25) is 0 Å². The lowest BCUT2D eigenvalue weighted by Gasteiger charge is -2.04. The molecule has 0 fully saturated rings. The number of aliphatic hydroxyl groups excluding tert-OH is 1. The van der Waals surface area contributed by atoms with Crippen LogP contribution in [0.1, 0.15) is 11.1 Å². The Labute approximate surface area is 88.2 Å². The molecule has 0 radical (unpaired) electrons. The van der Waals surface area contributed by atoms with Gasteiger partial charge in [0, 0.05) is 18.7 Å². The third-order valence-corrected chi connectivity index (χ3v) is 1.98.